The van der Waals surface area contributed by atoms with Gasteiger partial charge in [0.2, 0.25) is 11.8 Å². The van der Waals surface area contributed by atoms with Gasteiger partial charge in [0, 0.05) is 12.6 Å². The fourth-order valence-corrected chi connectivity index (χ4v) is 6.96. The highest BCUT2D eigenvalue weighted by molar-refractivity contribution is 7.92. The standard InChI is InChI=1S/C34H43N3O5S/c1-5-32(34(39)35-28-13-7-6-8-14-28)36(23-27-12-10-9-11-26(27)3)33(38)24-37(29-17-19-30(42-4)20-18-29)43(40,41)31-21-15-25(2)16-22-31/h9-12,15-22,28,32H,5-8,13-14,23-24H2,1-4H3,(H,35,39)/t32-/m1/s1. The zero-order valence-electron chi connectivity index (χ0n) is 25.6. The maximum atomic E-state index is 14.3. The van der Waals surface area contributed by atoms with E-state index >= 15 is 0 Å². The van der Waals surface area contributed by atoms with E-state index in [9.17, 15) is 18.0 Å². The Bertz CT molecular complexity index is 1480. The van der Waals surface area contributed by atoms with E-state index in [2.05, 4.69) is 5.32 Å². The van der Waals surface area contributed by atoms with Crippen molar-refractivity contribution in [2.24, 2.45) is 0 Å². The summed E-state index contributed by atoms with van der Waals surface area (Å²) >= 11 is 0. The van der Waals surface area contributed by atoms with Crippen LogP contribution in [-0.2, 0) is 26.2 Å². The first kappa shape index (κ1) is 32.1. The fourth-order valence-electron chi connectivity index (χ4n) is 5.55. The summed E-state index contributed by atoms with van der Waals surface area (Å²) in [6.45, 7) is 5.44. The van der Waals surface area contributed by atoms with E-state index in [0.717, 1.165) is 53.1 Å². The van der Waals surface area contributed by atoms with Gasteiger partial charge in [0.15, 0.2) is 0 Å². The number of rotatable bonds is 12. The summed E-state index contributed by atoms with van der Waals surface area (Å²) in [5, 5.41) is 3.19. The van der Waals surface area contributed by atoms with Gasteiger partial charge in [-0.05, 0) is 80.6 Å². The van der Waals surface area contributed by atoms with Gasteiger partial charge in [-0.25, -0.2) is 8.42 Å². The summed E-state index contributed by atoms with van der Waals surface area (Å²) in [7, 11) is -2.60. The SMILES string of the molecule is CC[C@H](C(=O)NC1CCCCC1)N(Cc1ccccc1C)C(=O)CN(c1ccc(OC)cc1)S(=O)(=O)c1ccc(C)cc1. The van der Waals surface area contributed by atoms with Crippen LogP contribution in [0, 0.1) is 13.8 Å². The number of carbonyl (C=O) groups is 2. The van der Waals surface area contributed by atoms with Crippen molar-refractivity contribution in [3.63, 3.8) is 0 Å². The molecule has 230 valence electrons. The molecule has 0 spiro atoms. The lowest BCUT2D eigenvalue weighted by atomic mass is 9.95. The van der Waals surface area contributed by atoms with Crippen LogP contribution in [0.15, 0.2) is 77.7 Å². The number of anilines is 1. The smallest absolute Gasteiger partial charge is 0.264 e. The number of benzene rings is 3. The molecule has 8 nitrogen and oxygen atoms in total. The highest BCUT2D eigenvalue weighted by atomic mass is 32.2. The van der Waals surface area contributed by atoms with Gasteiger partial charge < -0.3 is 15.0 Å². The minimum absolute atomic E-state index is 0.0780. The summed E-state index contributed by atoms with van der Waals surface area (Å²) in [6.07, 6.45) is 5.55. The number of ether oxygens (including phenoxy) is 1. The van der Waals surface area contributed by atoms with Crippen molar-refractivity contribution in [3.8, 4) is 5.75 Å². The summed E-state index contributed by atoms with van der Waals surface area (Å²) in [5.41, 5.74) is 3.13. The summed E-state index contributed by atoms with van der Waals surface area (Å²) in [6, 6.07) is 20.2. The van der Waals surface area contributed by atoms with Crippen molar-refractivity contribution in [1.82, 2.24) is 10.2 Å². The Morgan fingerprint density at radius 3 is 2.19 bits per heavy atom. The first-order valence-corrected chi connectivity index (χ1v) is 16.5. The van der Waals surface area contributed by atoms with E-state index < -0.39 is 28.5 Å². The second-order valence-electron chi connectivity index (χ2n) is 11.2. The van der Waals surface area contributed by atoms with E-state index in [-0.39, 0.29) is 23.4 Å². The molecule has 4 rings (SSSR count). The second-order valence-corrected chi connectivity index (χ2v) is 13.1. The first-order valence-electron chi connectivity index (χ1n) is 15.0. The third-order valence-corrected chi connectivity index (χ3v) is 9.98. The molecule has 3 aromatic carbocycles. The van der Waals surface area contributed by atoms with Gasteiger partial charge in [-0.2, -0.15) is 0 Å². The number of aryl methyl sites for hydroxylation is 2. The Labute approximate surface area is 256 Å². The van der Waals surface area contributed by atoms with E-state index in [4.69, 9.17) is 4.74 Å². The van der Waals surface area contributed by atoms with Crippen LogP contribution < -0.4 is 14.4 Å². The number of nitrogens with zero attached hydrogens (tertiary/aromatic N) is 2. The van der Waals surface area contributed by atoms with E-state index in [1.165, 1.54) is 7.11 Å². The molecule has 0 bridgehead atoms. The average Bonchev–Trinajstić information content (AvgIpc) is 3.01. The molecule has 0 aromatic heterocycles. The average molecular weight is 606 g/mol. The summed E-state index contributed by atoms with van der Waals surface area (Å²) < 4.78 is 34.5. The van der Waals surface area contributed by atoms with Crippen molar-refractivity contribution >= 4 is 27.5 Å². The molecule has 1 aliphatic rings. The summed E-state index contributed by atoms with van der Waals surface area (Å²) in [4.78, 5) is 29.6. The molecular formula is C34H43N3O5S. The van der Waals surface area contributed by atoms with Gasteiger partial charge in [0.1, 0.15) is 18.3 Å². The molecular weight excluding hydrogens is 562 g/mol. The monoisotopic (exact) mass is 605 g/mol. The van der Waals surface area contributed by atoms with Gasteiger partial charge in [0.25, 0.3) is 10.0 Å². The van der Waals surface area contributed by atoms with Crippen LogP contribution in [0.1, 0.15) is 62.1 Å². The minimum Gasteiger partial charge on any atom is -0.497 e. The molecule has 0 heterocycles. The molecule has 0 aliphatic heterocycles. The number of hydrogen-bond donors (Lipinski definition) is 1. The summed E-state index contributed by atoms with van der Waals surface area (Å²) in [5.74, 6) is -0.0940. The number of methoxy groups -OCH3 is 1. The number of sulfonamides is 1. The van der Waals surface area contributed by atoms with Gasteiger partial charge >= 0.3 is 0 Å². The molecule has 2 amide bonds. The quantitative estimate of drug-likeness (QED) is 0.283. The maximum absolute atomic E-state index is 14.3. The Morgan fingerprint density at radius 1 is 0.930 bits per heavy atom. The predicted octanol–water partition coefficient (Wildman–Crippen LogP) is 5.76. The number of carbonyl (C=O) groups excluding carboxylic acids is 2. The fraction of sp³-hybridized carbons (Fsp3) is 0.412. The van der Waals surface area contributed by atoms with Crippen LogP contribution >= 0.6 is 0 Å². The highest BCUT2D eigenvalue weighted by Gasteiger charge is 2.34. The van der Waals surface area contributed by atoms with Crippen molar-refractivity contribution < 1.29 is 22.7 Å². The zero-order valence-corrected chi connectivity index (χ0v) is 26.4. The molecule has 1 saturated carbocycles. The minimum atomic E-state index is -4.13. The van der Waals surface area contributed by atoms with Crippen molar-refractivity contribution in [2.45, 2.75) is 82.8 Å². The highest BCUT2D eigenvalue weighted by Crippen LogP contribution is 2.27. The second kappa shape index (κ2) is 14.6. The number of hydrogen-bond acceptors (Lipinski definition) is 5. The molecule has 0 radical (unpaired) electrons. The molecule has 1 atom stereocenters. The Kier molecular flexibility index (Phi) is 10.9. The van der Waals surface area contributed by atoms with E-state index in [0.29, 0.717) is 17.9 Å². The molecule has 1 aliphatic carbocycles. The Balaban J connectivity index is 1.71. The number of amides is 2. The van der Waals surface area contributed by atoms with Crippen LogP contribution in [0.5, 0.6) is 5.75 Å². The van der Waals surface area contributed by atoms with Crippen molar-refractivity contribution in [2.75, 3.05) is 18.0 Å². The normalized spacial score (nSPS) is 14.5. The van der Waals surface area contributed by atoms with Crippen LogP contribution in [0.2, 0.25) is 0 Å². The number of nitrogens with one attached hydrogen (secondary N) is 1. The maximum Gasteiger partial charge on any atom is 0.264 e. The topological polar surface area (TPSA) is 96.0 Å². The van der Waals surface area contributed by atoms with Crippen molar-refractivity contribution in [3.05, 3.63) is 89.5 Å². The first-order chi connectivity index (χ1) is 20.6. The van der Waals surface area contributed by atoms with Crippen LogP contribution in [0.3, 0.4) is 0 Å². The third kappa shape index (κ3) is 7.96. The molecule has 0 saturated heterocycles. The van der Waals surface area contributed by atoms with Crippen molar-refractivity contribution in [1.29, 1.82) is 0 Å². The molecule has 3 aromatic rings. The van der Waals surface area contributed by atoms with Gasteiger partial charge in [0.05, 0.1) is 17.7 Å². The van der Waals surface area contributed by atoms with Gasteiger partial charge in [-0.15, -0.1) is 0 Å². The van der Waals surface area contributed by atoms with Gasteiger partial charge in [-0.3, -0.25) is 13.9 Å². The Morgan fingerprint density at radius 2 is 1.58 bits per heavy atom. The van der Waals surface area contributed by atoms with Crippen LogP contribution in [0.4, 0.5) is 5.69 Å². The zero-order chi connectivity index (χ0) is 31.0. The lowest BCUT2D eigenvalue weighted by Crippen LogP contribution is -2.54. The largest absolute Gasteiger partial charge is 0.497 e. The molecule has 43 heavy (non-hydrogen) atoms. The van der Waals surface area contributed by atoms with Crippen LogP contribution in [-0.4, -0.2) is 50.9 Å². The lowest BCUT2D eigenvalue weighted by Gasteiger charge is -2.34. The Hall–Kier alpha value is -3.85. The van der Waals surface area contributed by atoms with Gasteiger partial charge in [-0.1, -0.05) is 68.1 Å². The third-order valence-electron chi connectivity index (χ3n) is 8.19. The lowest BCUT2D eigenvalue weighted by molar-refractivity contribution is -0.140. The molecule has 1 N–H and O–H groups in total. The molecule has 0 unspecified atom stereocenters. The predicted molar refractivity (Wildman–Crippen MR) is 170 cm³/mol. The van der Waals surface area contributed by atoms with E-state index in [1.54, 1.807) is 53.4 Å². The van der Waals surface area contributed by atoms with Crippen LogP contribution in [0.25, 0.3) is 0 Å². The molecule has 1 fully saturated rings. The van der Waals surface area contributed by atoms with E-state index in [1.807, 2.05) is 45.0 Å². The molecule has 9 heteroatoms.